The molecule has 3 heterocycles. The highest BCUT2D eigenvalue weighted by Crippen LogP contribution is 2.38. The topological polar surface area (TPSA) is 87.1 Å². The molecule has 0 amide bonds. The number of ether oxygens (including phenoxy) is 1. The fourth-order valence-corrected chi connectivity index (χ4v) is 2.01. The van der Waals surface area contributed by atoms with Crippen LogP contribution in [0.4, 0.5) is 5.88 Å². The Hall–Kier alpha value is -2.89. The van der Waals surface area contributed by atoms with Gasteiger partial charge in [0.05, 0.1) is 18.2 Å². The molecule has 0 aliphatic rings. The van der Waals surface area contributed by atoms with Crippen LogP contribution in [0.1, 0.15) is 0 Å². The first-order valence-corrected chi connectivity index (χ1v) is 5.96. The van der Waals surface area contributed by atoms with Crippen LogP contribution in [0.3, 0.4) is 0 Å². The molecule has 3 aromatic heterocycles. The molecule has 0 atom stereocenters. The van der Waals surface area contributed by atoms with E-state index in [4.69, 9.17) is 15.0 Å². The predicted octanol–water partition coefficient (Wildman–Crippen LogP) is 2.39. The van der Waals surface area contributed by atoms with Crippen LogP contribution < -0.4 is 10.5 Å². The van der Waals surface area contributed by atoms with Crippen molar-refractivity contribution in [3.63, 3.8) is 0 Å². The van der Waals surface area contributed by atoms with Crippen molar-refractivity contribution in [3.05, 3.63) is 42.9 Å². The fourth-order valence-electron chi connectivity index (χ4n) is 2.01. The van der Waals surface area contributed by atoms with Crippen LogP contribution in [-0.4, -0.2) is 22.2 Å². The van der Waals surface area contributed by atoms with Gasteiger partial charge in [-0.25, -0.2) is 4.98 Å². The molecular weight excluding hydrogens is 256 g/mol. The number of nitrogens with zero attached hydrogens (tertiary/aromatic N) is 3. The van der Waals surface area contributed by atoms with Crippen LogP contribution in [0, 0.1) is 0 Å². The van der Waals surface area contributed by atoms with E-state index in [2.05, 4.69) is 15.1 Å². The van der Waals surface area contributed by atoms with Crippen LogP contribution in [0.15, 0.2) is 47.4 Å². The number of hydrogen-bond donors (Lipinski definition) is 1. The Balaban J connectivity index is 2.22. The highest BCUT2D eigenvalue weighted by atomic mass is 16.5. The number of nitrogen functional groups attached to an aromatic ring is 1. The molecule has 100 valence electrons. The third-order valence-corrected chi connectivity index (χ3v) is 2.89. The van der Waals surface area contributed by atoms with E-state index in [0.29, 0.717) is 22.7 Å². The van der Waals surface area contributed by atoms with Crippen molar-refractivity contribution in [2.45, 2.75) is 0 Å². The van der Waals surface area contributed by atoms with Gasteiger partial charge in [0.2, 0.25) is 11.8 Å². The smallest absolute Gasteiger partial charge is 0.230 e. The van der Waals surface area contributed by atoms with Crippen LogP contribution in [0.25, 0.3) is 22.4 Å². The summed E-state index contributed by atoms with van der Waals surface area (Å²) in [4.78, 5) is 8.24. The number of aromatic nitrogens is 3. The van der Waals surface area contributed by atoms with E-state index < -0.39 is 0 Å². The van der Waals surface area contributed by atoms with Gasteiger partial charge in [-0.1, -0.05) is 11.2 Å². The van der Waals surface area contributed by atoms with Crippen LogP contribution in [0.5, 0.6) is 5.88 Å². The lowest BCUT2D eigenvalue weighted by Crippen LogP contribution is -1.93. The second-order valence-corrected chi connectivity index (χ2v) is 4.07. The van der Waals surface area contributed by atoms with Gasteiger partial charge in [0.1, 0.15) is 5.69 Å². The quantitative estimate of drug-likeness (QED) is 0.784. The Kier molecular flexibility index (Phi) is 3.04. The zero-order chi connectivity index (χ0) is 13.9. The number of methoxy groups -OCH3 is 1. The summed E-state index contributed by atoms with van der Waals surface area (Å²) in [5.41, 5.74) is 8.70. The Morgan fingerprint density at radius 3 is 2.80 bits per heavy atom. The molecule has 6 nitrogen and oxygen atoms in total. The maximum atomic E-state index is 5.88. The molecule has 0 fully saturated rings. The van der Waals surface area contributed by atoms with Crippen LogP contribution in [-0.2, 0) is 0 Å². The van der Waals surface area contributed by atoms with Crippen molar-refractivity contribution >= 4 is 5.88 Å². The summed E-state index contributed by atoms with van der Waals surface area (Å²) in [6.45, 7) is 0. The highest BCUT2D eigenvalue weighted by Gasteiger charge is 2.20. The Morgan fingerprint density at radius 2 is 2.05 bits per heavy atom. The Morgan fingerprint density at radius 1 is 1.20 bits per heavy atom. The van der Waals surface area contributed by atoms with Crippen molar-refractivity contribution in [3.8, 4) is 28.3 Å². The van der Waals surface area contributed by atoms with Gasteiger partial charge in [0.25, 0.3) is 0 Å². The van der Waals surface area contributed by atoms with Crippen molar-refractivity contribution in [1.29, 1.82) is 0 Å². The third-order valence-electron chi connectivity index (χ3n) is 2.89. The van der Waals surface area contributed by atoms with Crippen molar-refractivity contribution in [2.24, 2.45) is 0 Å². The molecule has 0 aromatic carbocycles. The monoisotopic (exact) mass is 268 g/mol. The van der Waals surface area contributed by atoms with Gasteiger partial charge in [-0.2, -0.15) is 0 Å². The molecule has 0 aliphatic carbocycles. The summed E-state index contributed by atoms with van der Waals surface area (Å²) >= 11 is 0. The summed E-state index contributed by atoms with van der Waals surface area (Å²) in [7, 11) is 1.55. The predicted molar refractivity (Wildman–Crippen MR) is 73.9 cm³/mol. The summed E-state index contributed by atoms with van der Waals surface area (Å²) in [6, 6.07) is 7.37. The van der Waals surface area contributed by atoms with Crippen molar-refractivity contribution in [1.82, 2.24) is 15.1 Å². The Labute approximate surface area is 115 Å². The number of nitrogens with two attached hydrogens (primary N) is 1. The minimum absolute atomic E-state index is 0.235. The van der Waals surface area contributed by atoms with Gasteiger partial charge < -0.3 is 15.0 Å². The molecule has 0 aliphatic heterocycles. The zero-order valence-corrected chi connectivity index (χ0v) is 10.8. The number of rotatable bonds is 3. The van der Waals surface area contributed by atoms with Gasteiger partial charge >= 0.3 is 0 Å². The van der Waals surface area contributed by atoms with Crippen LogP contribution in [0.2, 0.25) is 0 Å². The molecule has 2 N–H and O–H groups in total. The first kappa shape index (κ1) is 12.2. The molecular formula is C14H12N4O2. The van der Waals surface area contributed by atoms with Crippen LogP contribution >= 0.6 is 0 Å². The molecule has 0 radical (unpaired) electrons. The summed E-state index contributed by atoms with van der Waals surface area (Å²) < 4.78 is 10.4. The second kappa shape index (κ2) is 5.00. The molecule has 3 rings (SSSR count). The van der Waals surface area contributed by atoms with E-state index in [-0.39, 0.29) is 5.88 Å². The average Bonchev–Trinajstić information content (AvgIpc) is 2.89. The van der Waals surface area contributed by atoms with Crippen molar-refractivity contribution < 1.29 is 9.26 Å². The minimum atomic E-state index is 0.235. The van der Waals surface area contributed by atoms with Gasteiger partial charge in [0, 0.05) is 24.2 Å². The maximum absolute atomic E-state index is 5.88. The van der Waals surface area contributed by atoms with Gasteiger partial charge in [0.15, 0.2) is 0 Å². The first-order chi connectivity index (χ1) is 9.81. The summed E-state index contributed by atoms with van der Waals surface area (Å²) in [6.07, 6.45) is 5.04. The standard InChI is InChI=1S/C14H12N4O2/c1-19-14-10(5-3-7-17-14)12-11(13(15)20-18-12)9-4-2-6-16-8-9/h2-8H,15H2,1H3. The van der Waals surface area contributed by atoms with Gasteiger partial charge in [-0.05, 0) is 18.2 Å². The number of anilines is 1. The van der Waals surface area contributed by atoms with E-state index in [0.717, 1.165) is 5.56 Å². The largest absolute Gasteiger partial charge is 0.481 e. The number of hydrogen-bond acceptors (Lipinski definition) is 6. The zero-order valence-electron chi connectivity index (χ0n) is 10.8. The summed E-state index contributed by atoms with van der Waals surface area (Å²) in [5.74, 6) is 0.699. The minimum Gasteiger partial charge on any atom is -0.481 e. The van der Waals surface area contributed by atoms with E-state index in [1.807, 2.05) is 18.2 Å². The molecule has 0 unspecified atom stereocenters. The number of pyridine rings is 2. The Bertz CT molecular complexity index is 725. The first-order valence-electron chi connectivity index (χ1n) is 5.96. The van der Waals surface area contributed by atoms with E-state index in [1.165, 1.54) is 0 Å². The molecule has 20 heavy (non-hydrogen) atoms. The highest BCUT2D eigenvalue weighted by molar-refractivity contribution is 5.87. The van der Waals surface area contributed by atoms with Gasteiger partial charge in [-0.3, -0.25) is 4.98 Å². The maximum Gasteiger partial charge on any atom is 0.230 e. The molecule has 0 saturated heterocycles. The molecule has 6 heteroatoms. The second-order valence-electron chi connectivity index (χ2n) is 4.07. The summed E-state index contributed by atoms with van der Waals surface area (Å²) in [5, 5.41) is 4.02. The molecule has 0 bridgehead atoms. The average molecular weight is 268 g/mol. The lowest BCUT2D eigenvalue weighted by Gasteiger charge is -2.06. The third kappa shape index (κ3) is 1.97. The van der Waals surface area contributed by atoms with Crippen molar-refractivity contribution in [2.75, 3.05) is 12.8 Å². The SMILES string of the molecule is COc1ncccc1-c1noc(N)c1-c1cccnc1. The van der Waals surface area contributed by atoms with E-state index >= 15 is 0 Å². The lowest BCUT2D eigenvalue weighted by atomic mass is 10.0. The fraction of sp³-hybridized carbons (Fsp3) is 0.0714. The molecule has 0 saturated carbocycles. The molecule has 3 aromatic rings. The van der Waals surface area contributed by atoms with E-state index in [9.17, 15) is 0 Å². The molecule has 0 spiro atoms. The lowest BCUT2D eigenvalue weighted by molar-refractivity contribution is 0.398. The van der Waals surface area contributed by atoms with E-state index in [1.54, 1.807) is 31.8 Å². The van der Waals surface area contributed by atoms with Gasteiger partial charge in [-0.15, -0.1) is 0 Å². The normalized spacial score (nSPS) is 10.4.